The summed E-state index contributed by atoms with van der Waals surface area (Å²) in [5, 5.41) is 8.61. The fourth-order valence-corrected chi connectivity index (χ4v) is 4.46. The predicted octanol–water partition coefficient (Wildman–Crippen LogP) is 3.46. The molecule has 1 fully saturated rings. The second-order valence-corrected chi connectivity index (χ2v) is 9.43. The zero-order chi connectivity index (χ0) is 25.8. The van der Waals surface area contributed by atoms with Crippen LogP contribution in [0.2, 0.25) is 5.02 Å². The summed E-state index contributed by atoms with van der Waals surface area (Å²) in [7, 11) is 1.99. The van der Waals surface area contributed by atoms with Crippen molar-refractivity contribution in [1.29, 1.82) is 0 Å². The van der Waals surface area contributed by atoms with Crippen LogP contribution in [-0.2, 0) is 0 Å². The first-order chi connectivity index (χ1) is 17.5. The number of halogens is 1. The van der Waals surface area contributed by atoms with Gasteiger partial charge >= 0.3 is 0 Å². The number of nitrogens with one attached hydrogen (secondary N) is 2. The molecule has 0 saturated carbocycles. The monoisotopic (exact) mass is 512 g/mol. The molecule has 1 aromatic carbocycles. The number of aromatic nitrogens is 1. The molecule has 2 heterocycles. The van der Waals surface area contributed by atoms with Crippen LogP contribution in [-0.4, -0.2) is 111 Å². The van der Waals surface area contributed by atoms with Gasteiger partial charge in [-0.1, -0.05) is 18.5 Å². The number of likely N-dealkylation sites (N-methyl/N-ethyl adjacent to an activating group) is 2. The molecule has 1 saturated heterocycles. The molecule has 1 aliphatic heterocycles. The van der Waals surface area contributed by atoms with Gasteiger partial charge in [0.25, 0.3) is 0 Å². The first kappa shape index (κ1) is 28.1. The third-order valence-electron chi connectivity index (χ3n) is 6.55. The van der Waals surface area contributed by atoms with Crippen molar-refractivity contribution >= 4 is 40.7 Å². The second-order valence-electron chi connectivity index (χ2n) is 9.00. The Morgan fingerprint density at radius 1 is 1.19 bits per heavy atom. The lowest BCUT2D eigenvalue weighted by Crippen LogP contribution is -2.49. The smallest absolute Gasteiger partial charge is 0.125 e. The SMILES string of the molecule is C=N/C(C)=C\C(=NCCN(CC)CCNC)N1CCN(CCNc2ccnc3cc(Cl)ccc23)CC1. The summed E-state index contributed by atoms with van der Waals surface area (Å²) >= 11 is 6.12. The molecular weight excluding hydrogens is 472 g/mol. The van der Waals surface area contributed by atoms with Gasteiger partial charge in [-0.2, -0.15) is 0 Å². The Labute approximate surface area is 221 Å². The number of rotatable bonds is 13. The van der Waals surface area contributed by atoms with E-state index < -0.39 is 0 Å². The molecule has 0 unspecified atom stereocenters. The van der Waals surface area contributed by atoms with Gasteiger partial charge in [0.15, 0.2) is 0 Å². The highest BCUT2D eigenvalue weighted by Crippen LogP contribution is 2.24. The fourth-order valence-electron chi connectivity index (χ4n) is 4.30. The third-order valence-corrected chi connectivity index (χ3v) is 6.78. The Morgan fingerprint density at radius 2 is 2.00 bits per heavy atom. The summed E-state index contributed by atoms with van der Waals surface area (Å²) in [5.41, 5.74) is 2.90. The minimum absolute atomic E-state index is 0.707. The second kappa shape index (κ2) is 14.9. The molecule has 3 rings (SSSR count). The number of allylic oxidation sites excluding steroid dienone is 1. The zero-order valence-electron chi connectivity index (χ0n) is 22.0. The molecule has 0 amide bonds. The van der Waals surface area contributed by atoms with Crippen molar-refractivity contribution in [3.05, 3.63) is 47.3 Å². The van der Waals surface area contributed by atoms with Crippen LogP contribution < -0.4 is 10.6 Å². The maximum Gasteiger partial charge on any atom is 0.125 e. The molecule has 1 aromatic heterocycles. The molecule has 9 heteroatoms. The van der Waals surface area contributed by atoms with Gasteiger partial charge in [0.2, 0.25) is 0 Å². The summed E-state index contributed by atoms with van der Waals surface area (Å²) < 4.78 is 0. The summed E-state index contributed by atoms with van der Waals surface area (Å²) in [6.07, 6.45) is 3.89. The van der Waals surface area contributed by atoms with Crippen molar-refractivity contribution in [3.63, 3.8) is 0 Å². The summed E-state index contributed by atoms with van der Waals surface area (Å²) in [6, 6.07) is 7.87. The summed E-state index contributed by atoms with van der Waals surface area (Å²) in [4.78, 5) is 20.8. The van der Waals surface area contributed by atoms with Crippen molar-refractivity contribution in [1.82, 2.24) is 25.0 Å². The number of fused-ring (bicyclic) bond motifs is 1. The van der Waals surface area contributed by atoms with Gasteiger partial charge in [-0.3, -0.25) is 19.9 Å². The van der Waals surface area contributed by atoms with E-state index in [0.29, 0.717) is 5.02 Å². The summed E-state index contributed by atoms with van der Waals surface area (Å²) in [5.74, 6) is 1.02. The van der Waals surface area contributed by atoms with Crippen LogP contribution in [0.3, 0.4) is 0 Å². The van der Waals surface area contributed by atoms with Crippen molar-refractivity contribution in [2.24, 2.45) is 9.98 Å². The zero-order valence-corrected chi connectivity index (χ0v) is 22.8. The Balaban J connectivity index is 1.51. The maximum absolute atomic E-state index is 6.12. The van der Waals surface area contributed by atoms with E-state index in [9.17, 15) is 0 Å². The Morgan fingerprint density at radius 3 is 2.72 bits per heavy atom. The molecule has 0 spiro atoms. The first-order valence-corrected chi connectivity index (χ1v) is 13.2. The van der Waals surface area contributed by atoms with Gasteiger partial charge in [-0.25, -0.2) is 0 Å². The molecule has 8 nitrogen and oxygen atoms in total. The average Bonchev–Trinajstić information content (AvgIpc) is 2.90. The van der Waals surface area contributed by atoms with Crippen LogP contribution >= 0.6 is 11.6 Å². The van der Waals surface area contributed by atoms with Gasteiger partial charge in [-0.05, 0) is 51.5 Å². The Hall–Kier alpha value is -2.52. The highest BCUT2D eigenvalue weighted by Gasteiger charge is 2.19. The van der Waals surface area contributed by atoms with Gasteiger partial charge in [-0.15, -0.1) is 0 Å². The topological polar surface area (TPSA) is 71.4 Å². The molecule has 0 aliphatic carbocycles. The molecule has 196 valence electrons. The molecule has 1 aliphatic rings. The fraction of sp³-hybridized carbons (Fsp3) is 0.519. The van der Waals surface area contributed by atoms with Crippen molar-refractivity contribution < 1.29 is 0 Å². The lowest BCUT2D eigenvalue weighted by Gasteiger charge is -2.36. The van der Waals surface area contributed by atoms with Gasteiger partial charge < -0.3 is 20.4 Å². The van der Waals surface area contributed by atoms with Crippen LogP contribution in [0, 0.1) is 0 Å². The molecule has 2 aromatic rings. The lowest BCUT2D eigenvalue weighted by molar-refractivity contribution is 0.188. The molecule has 0 bridgehead atoms. The van der Waals surface area contributed by atoms with Crippen molar-refractivity contribution in [2.75, 3.05) is 84.4 Å². The standard InChI is InChI=1S/C27H41ClN8/c1-5-34(13-10-29-3)14-12-33-27(20-22(2)30-4)36-18-16-35(17-19-36)15-11-32-25-8-9-31-26-21-23(28)6-7-24(25)26/h6-9,20-21,29H,4-5,10-19H2,1-3H3,(H,31,32)/b22-20-,33-27?. The average molecular weight is 513 g/mol. The lowest BCUT2D eigenvalue weighted by atomic mass is 10.2. The van der Waals surface area contributed by atoms with E-state index in [1.54, 1.807) is 0 Å². The highest BCUT2D eigenvalue weighted by molar-refractivity contribution is 6.31. The number of aliphatic imine (C=N–C) groups is 2. The number of pyridine rings is 1. The van der Waals surface area contributed by atoms with Crippen LogP contribution in [0.25, 0.3) is 10.9 Å². The predicted molar refractivity (Wildman–Crippen MR) is 155 cm³/mol. The van der Waals surface area contributed by atoms with E-state index >= 15 is 0 Å². The Bertz CT molecular complexity index is 1030. The minimum Gasteiger partial charge on any atom is -0.383 e. The van der Waals surface area contributed by atoms with Crippen molar-refractivity contribution in [2.45, 2.75) is 13.8 Å². The summed E-state index contributed by atoms with van der Waals surface area (Å²) in [6.45, 7) is 18.4. The van der Waals surface area contributed by atoms with E-state index in [1.165, 1.54) is 0 Å². The van der Waals surface area contributed by atoms with E-state index in [4.69, 9.17) is 16.6 Å². The Kier molecular flexibility index (Phi) is 11.6. The normalized spacial score (nSPS) is 15.6. The minimum atomic E-state index is 0.707. The number of benzene rings is 1. The highest BCUT2D eigenvalue weighted by atomic mass is 35.5. The van der Waals surface area contributed by atoms with Crippen LogP contribution in [0.1, 0.15) is 13.8 Å². The van der Waals surface area contributed by atoms with E-state index in [1.807, 2.05) is 44.4 Å². The quantitative estimate of drug-likeness (QED) is 0.316. The molecule has 0 atom stereocenters. The van der Waals surface area contributed by atoms with Crippen LogP contribution in [0.5, 0.6) is 0 Å². The molecule has 2 N–H and O–H groups in total. The number of hydrogen-bond donors (Lipinski definition) is 2. The number of anilines is 1. The third kappa shape index (κ3) is 8.55. The van der Waals surface area contributed by atoms with Gasteiger partial charge in [0.1, 0.15) is 5.84 Å². The van der Waals surface area contributed by atoms with Crippen LogP contribution in [0.15, 0.2) is 52.2 Å². The maximum atomic E-state index is 6.12. The number of amidine groups is 1. The van der Waals surface area contributed by atoms with Crippen molar-refractivity contribution in [3.8, 4) is 0 Å². The van der Waals surface area contributed by atoms with E-state index in [0.717, 1.165) is 100 Å². The molecular formula is C27H41ClN8. The number of hydrogen-bond acceptors (Lipinski definition) is 7. The molecule has 36 heavy (non-hydrogen) atoms. The molecule has 0 radical (unpaired) electrons. The number of nitrogens with zero attached hydrogens (tertiary/aromatic N) is 6. The van der Waals surface area contributed by atoms with Crippen LogP contribution in [0.4, 0.5) is 5.69 Å². The van der Waals surface area contributed by atoms with E-state index in [2.05, 4.69) is 55.0 Å². The first-order valence-electron chi connectivity index (χ1n) is 12.9. The number of piperazine rings is 1. The van der Waals surface area contributed by atoms with E-state index in [-0.39, 0.29) is 0 Å². The largest absolute Gasteiger partial charge is 0.383 e. The van der Waals surface area contributed by atoms with Gasteiger partial charge in [0.05, 0.1) is 12.1 Å². The van der Waals surface area contributed by atoms with Gasteiger partial charge in [0, 0.05) is 93.0 Å².